The van der Waals surface area contributed by atoms with E-state index in [0.29, 0.717) is 53.6 Å². The zero-order chi connectivity index (χ0) is 24.0. The Morgan fingerprint density at radius 3 is 2.69 bits per heavy atom. The third kappa shape index (κ3) is 4.93. The number of rotatable bonds is 7. The zero-order valence-electron chi connectivity index (χ0n) is 19.3. The Bertz CT molecular complexity index is 1370. The van der Waals surface area contributed by atoms with Gasteiger partial charge < -0.3 is 24.4 Å². The van der Waals surface area contributed by atoms with Crippen molar-refractivity contribution < 1.29 is 14.2 Å². The van der Waals surface area contributed by atoms with Crippen molar-refractivity contribution in [1.82, 2.24) is 15.0 Å². The molecule has 1 aliphatic heterocycles. The summed E-state index contributed by atoms with van der Waals surface area (Å²) in [4.78, 5) is 15.4. The van der Waals surface area contributed by atoms with Crippen molar-refractivity contribution in [3.8, 4) is 17.6 Å². The van der Waals surface area contributed by atoms with Gasteiger partial charge in [0.1, 0.15) is 29.6 Å². The minimum atomic E-state index is 0.402. The van der Waals surface area contributed by atoms with E-state index in [1.807, 2.05) is 42.5 Å². The molecule has 0 spiro atoms. The van der Waals surface area contributed by atoms with Crippen LogP contribution in [0.3, 0.4) is 0 Å². The number of nitrogens with one attached hydrogen (secondary N) is 1. The molecule has 0 atom stereocenters. The number of hydrogen-bond donors (Lipinski definition) is 1. The lowest BCUT2D eigenvalue weighted by molar-refractivity contribution is 0.122. The molecule has 176 valence electrons. The minimum absolute atomic E-state index is 0.402. The predicted octanol–water partition coefficient (Wildman–Crippen LogP) is 4.06. The molecule has 1 fully saturated rings. The Balaban J connectivity index is 1.40. The lowest BCUT2D eigenvalue weighted by Gasteiger charge is -2.27. The van der Waals surface area contributed by atoms with Crippen LogP contribution in [-0.4, -0.2) is 48.4 Å². The molecule has 0 radical (unpaired) electrons. The first kappa shape index (κ1) is 22.4. The first-order valence-electron chi connectivity index (χ1n) is 11.2. The molecule has 0 saturated carbocycles. The van der Waals surface area contributed by atoms with Gasteiger partial charge in [0.05, 0.1) is 37.7 Å². The molecule has 3 heterocycles. The van der Waals surface area contributed by atoms with Gasteiger partial charge in [-0.05, 0) is 42.0 Å². The van der Waals surface area contributed by atoms with Gasteiger partial charge in [0.15, 0.2) is 11.5 Å². The highest BCUT2D eigenvalue weighted by Crippen LogP contribution is 2.34. The van der Waals surface area contributed by atoms with Crippen LogP contribution in [0.15, 0.2) is 61.1 Å². The summed E-state index contributed by atoms with van der Waals surface area (Å²) < 4.78 is 16.9. The average molecular weight is 469 g/mol. The van der Waals surface area contributed by atoms with Gasteiger partial charge in [0, 0.05) is 37.2 Å². The third-order valence-corrected chi connectivity index (χ3v) is 5.74. The molecular weight excluding hydrogens is 444 g/mol. The van der Waals surface area contributed by atoms with Crippen molar-refractivity contribution in [2.75, 3.05) is 43.6 Å². The Morgan fingerprint density at radius 2 is 1.91 bits per heavy atom. The molecule has 0 amide bonds. The van der Waals surface area contributed by atoms with Crippen molar-refractivity contribution in [2.45, 2.75) is 6.61 Å². The standard InChI is InChI=1S/C26H24N6O3/c1-33-24-14-19(2-5-23(24)35-17-18-6-8-28-9-7-18)30-21-3-4-22-26(20(21)15-27)31-25(16-29-22)32-10-12-34-13-11-32/h2-9,14,16,30H,10-13,17H2,1H3. The number of anilines is 3. The predicted molar refractivity (Wildman–Crippen MR) is 132 cm³/mol. The van der Waals surface area contributed by atoms with Gasteiger partial charge in [-0.1, -0.05) is 0 Å². The maximum absolute atomic E-state index is 9.98. The fourth-order valence-electron chi connectivity index (χ4n) is 3.89. The number of methoxy groups -OCH3 is 1. The van der Waals surface area contributed by atoms with Gasteiger partial charge >= 0.3 is 0 Å². The number of aromatic nitrogens is 3. The summed E-state index contributed by atoms with van der Waals surface area (Å²) in [6.45, 7) is 3.19. The number of ether oxygens (including phenoxy) is 3. The fraction of sp³-hybridized carbons (Fsp3) is 0.231. The number of fused-ring (bicyclic) bond motifs is 1. The normalized spacial score (nSPS) is 13.3. The Labute approximate surface area is 202 Å². The van der Waals surface area contributed by atoms with Gasteiger partial charge in [0.25, 0.3) is 0 Å². The first-order valence-corrected chi connectivity index (χ1v) is 11.2. The van der Waals surface area contributed by atoms with Crippen LogP contribution in [0.1, 0.15) is 11.1 Å². The van der Waals surface area contributed by atoms with Crippen LogP contribution in [0.4, 0.5) is 17.2 Å². The first-order chi connectivity index (χ1) is 17.2. The summed E-state index contributed by atoms with van der Waals surface area (Å²) in [6.07, 6.45) is 5.21. The van der Waals surface area contributed by atoms with Crippen molar-refractivity contribution in [2.24, 2.45) is 0 Å². The third-order valence-electron chi connectivity index (χ3n) is 5.74. The van der Waals surface area contributed by atoms with E-state index in [1.165, 1.54) is 0 Å². The van der Waals surface area contributed by atoms with Crippen LogP contribution in [0.25, 0.3) is 11.0 Å². The number of morpholine rings is 1. The lowest BCUT2D eigenvalue weighted by atomic mass is 10.1. The van der Waals surface area contributed by atoms with E-state index >= 15 is 0 Å². The summed E-state index contributed by atoms with van der Waals surface area (Å²) in [5, 5.41) is 13.3. The van der Waals surface area contributed by atoms with Gasteiger partial charge in [-0.2, -0.15) is 5.26 Å². The maximum Gasteiger partial charge on any atom is 0.162 e. The van der Waals surface area contributed by atoms with E-state index in [2.05, 4.69) is 26.3 Å². The highest BCUT2D eigenvalue weighted by Gasteiger charge is 2.17. The van der Waals surface area contributed by atoms with E-state index in [0.717, 1.165) is 30.2 Å². The van der Waals surface area contributed by atoms with Crippen LogP contribution in [0.2, 0.25) is 0 Å². The molecule has 2 aromatic heterocycles. The van der Waals surface area contributed by atoms with Crippen LogP contribution in [-0.2, 0) is 11.3 Å². The van der Waals surface area contributed by atoms with Crippen LogP contribution in [0, 0.1) is 11.3 Å². The second-order valence-corrected chi connectivity index (χ2v) is 7.93. The molecule has 0 aliphatic carbocycles. The molecule has 2 aromatic carbocycles. The average Bonchev–Trinajstić information content (AvgIpc) is 2.93. The van der Waals surface area contributed by atoms with E-state index in [4.69, 9.17) is 19.2 Å². The molecule has 0 unspecified atom stereocenters. The maximum atomic E-state index is 9.98. The molecule has 5 rings (SSSR count). The highest BCUT2D eigenvalue weighted by molar-refractivity contribution is 5.89. The number of nitrogens with zero attached hydrogens (tertiary/aromatic N) is 5. The second kappa shape index (κ2) is 10.2. The molecule has 1 aliphatic rings. The van der Waals surface area contributed by atoms with Crippen molar-refractivity contribution in [3.63, 3.8) is 0 Å². The summed E-state index contributed by atoms with van der Waals surface area (Å²) in [7, 11) is 1.60. The smallest absolute Gasteiger partial charge is 0.162 e. The number of benzene rings is 2. The van der Waals surface area contributed by atoms with Gasteiger partial charge in [0.2, 0.25) is 0 Å². The monoisotopic (exact) mass is 468 g/mol. The highest BCUT2D eigenvalue weighted by atomic mass is 16.5. The van der Waals surface area contributed by atoms with Crippen molar-refractivity contribution in [1.29, 1.82) is 5.26 Å². The molecule has 9 heteroatoms. The topological polar surface area (TPSA) is 105 Å². The Hall–Kier alpha value is -4.42. The Kier molecular flexibility index (Phi) is 6.55. The van der Waals surface area contributed by atoms with Crippen LogP contribution in [0.5, 0.6) is 11.5 Å². The number of pyridine rings is 1. The largest absolute Gasteiger partial charge is 0.493 e. The molecule has 1 N–H and O–H groups in total. The number of nitriles is 1. The molecule has 1 saturated heterocycles. The molecule has 0 bridgehead atoms. The quantitative estimate of drug-likeness (QED) is 0.430. The molecular formula is C26H24N6O3. The molecule has 4 aromatic rings. The second-order valence-electron chi connectivity index (χ2n) is 7.93. The van der Waals surface area contributed by atoms with Gasteiger partial charge in [-0.3, -0.25) is 9.97 Å². The summed E-state index contributed by atoms with van der Waals surface area (Å²) in [5.41, 5.74) is 4.07. The van der Waals surface area contributed by atoms with Crippen molar-refractivity contribution in [3.05, 3.63) is 72.2 Å². The number of hydrogen-bond acceptors (Lipinski definition) is 9. The summed E-state index contributed by atoms with van der Waals surface area (Å²) in [5.74, 6) is 1.94. The zero-order valence-corrected chi connectivity index (χ0v) is 19.3. The van der Waals surface area contributed by atoms with Crippen LogP contribution >= 0.6 is 0 Å². The van der Waals surface area contributed by atoms with Crippen LogP contribution < -0.4 is 19.7 Å². The van der Waals surface area contributed by atoms with E-state index < -0.39 is 0 Å². The minimum Gasteiger partial charge on any atom is -0.493 e. The van der Waals surface area contributed by atoms with E-state index in [9.17, 15) is 5.26 Å². The summed E-state index contributed by atoms with van der Waals surface area (Å²) >= 11 is 0. The lowest BCUT2D eigenvalue weighted by Crippen LogP contribution is -2.36. The molecule has 9 nitrogen and oxygen atoms in total. The molecule has 35 heavy (non-hydrogen) atoms. The Morgan fingerprint density at radius 1 is 1.09 bits per heavy atom. The summed E-state index contributed by atoms with van der Waals surface area (Å²) in [6, 6.07) is 15.4. The SMILES string of the molecule is COc1cc(Nc2ccc3ncc(N4CCOCC4)nc3c2C#N)ccc1OCc1ccncc1. The van der Waals surface area contributed by atoms with E-state index in [-0.39, 0.29) is 0 Å². The van der Waals surface area contributed by atoms with Crippen molar-refractivity contribution >= 4 is 28.2 Å². The van der Waals surface area contributed by atoms with Gasteiger partial charge in [-0.15, -0.1) is 0 Å². The fourth-order valence-corrected chi connectivity index (χ4v) is 3.89. The van der Waals surface area contributed by atoms with Gasteiger partial charge in [-0.25, -0.2) is 4.98 Å². The van der Waals surface area contributed by atoms with E-state index in [1.54, 1.807) is 25.7 Å².